The fourth-order valence-corrected chi connectivity index (χ4v) is 3.92. The highest BCUT2D eigenvalue weighted by atomic mass is 32.2. The summed E-state index contributed by atoms with van der Waals surface area (Å²) < 4.78 is 0. The van der Waals surface area contributed by atoms with Crippen molar-refractivity contribution in [3.05, 3.63) is 64.7 Å². The van der Waals surface area contributed by atoms with Gasteiger partial charge in [-0.25, -0.2) is 0 Å². The predicted octanol–water partition coefficient (Wildman–Crippen LogP) is 4.63. The van der Waals surface area contributed by atoms with Gasteiger partial charge in [0, 0.05) is 17.5 Å². The largest absolute Gasteiger partial charge is 0.306 e. The molecule has 0 fully saturated rings. The summed E-state index contributed by atoms with van der Waals surface area (Å²) in [6.07, 6.45) is 1.21. The zero-order chi connectivity index (χ0) is 13.9. The normalized spacial score (nSPS) is 17.8. The number of hydrogen-bond acceptors (Lipinski definition) is 2. The Balaban J connectivity index is 1.75. The number of rotatable bonds is 3. The van der Waals surface area contributed by atoms with Gasteiger partial charge >= 0.3 is 0 Å². The minimum absolute atomic E-state index is 0.493. The van der Waals surface area contributed by atoms with Crippen LogP contribution < -0.4 is 5.32 Å². The highest BCUT2D eigenvalue weighted by molar-refractivity contribution is 7.99. The molecule has 0 aromatic heterocycles. The highest BCUT2D eigenvalue weighted by Crippen LogP contribution is 2.35. The number of fused-ring (bicyclic) bond motifs is 1. The second-order valence-electron chi connectivity index (χ2n) is 5.47. The molecule has 0 saturated carbocycles. The first kappa shape index (κ1) is 13.7. The Kier molecular flexibility index (Phi) is 4.13. The van der Waals surface area contributed by atoms with Crippen LogP contribution in [0.15, 0.2) is 47.4 Å². The summed E-state index contributed by atoms with van der Waals surface area (Å²) in [7, 11) is 0. The van der Waals surface area contributed by atoms with Gasteiger partial charge in [-0.3, -0.25) is 0 Å². The fourth-order valence-electron chi connectivity index (χ4n) is 2.79. The van der Waals surface area contributed by atoms with E-state index in [1.165, 1.54) is 39.3 Å². The lowest BCUT2D eigenvalue weighted by molar-refractivity contribution is 0.509. The molecule has 1 aliphatic heterocycles. The highest BCUT2D eigenvalue weighted by Gasteiger charge is 2.19. The fraction of sp³-hybridized carbons (Fsp3) is 0.333. The maximum Gasteiger partial charge on any atom is 0.0342 e. The molecule has 1 N–H and O–H groups in total. The topological polar surface area (TPSA) is 12.0 Å². The number of aryl methyl sites for hydroxylation is 1. The van der Waals surface area contributed by atoms with Crippen LogP contribution in [0.3, 0.4) is 0 Å². The Morgan fingerprint density at radius 3 is 2.85 bits per heavy atom. The summed E-state index contributed by atoms with van der Waals surface area (Å²) in [5.41, 5.74) is 5.68. The molecule has 1 atom stereocenters. The first-order valence-electron chi connectivity index (χ1n) is 7.26. The zero-order valence-electron chi connectivity index (χ0n) is 12.1. The second-order valence-corrected chi connectivity index (χ2v) is 6.60. The van der Waals surface area contributed by atoms with E-state index in [-0.39, 0.29) is 0 Å². The summed E-state index contributed by atoms with van der Waals surface area (Å²) in [6.45, 7) is 5.36. The lowest BCUT2D eigenvalue weighted by atomic mass is 10.0. The molecule has 104 valence electrons. The second kappa shape index (κ2) is 6.02. The minimum Gasteiger partial charge on any atom is -0.306 e. The van der Waals surface area contributed by atoms with Crippen LogP contribution in [0.2, 0.25) is 0 Å². The molecule has 0 amide bonds. The van der Waals surface area contributed by atoms with Gasteiger partial charge < -0.3 is 5.32 Å². The summed E-state index contributed by atoms with van der Waals surface area (Å²) in [4.78, 5) is 1.44. The van der Waals surface area contributed by atoms with E-state index in [0.29, 0.717) is 6.04 Å². The number of nitrogens with one attached hydrogen (secondary N) is 1. The smallest absolute Gasteiger partial charge is 0.0342 e. The first-order valence-corrected chi connectivity index (χ1v) is 8.24. The van der Waals surface area contributed by atoms with Crippen LogP contribution in [0.5, 0.6) is 0 Å². The van der Waals surface area contributed by atoms with E-state index in [2.05, 4.69) is 61.6 Å². The molecular formula is C18H21NS. The molecule has 0 aliphatic carbocycles. The SMILES string of the molecule is Cc1cccc(CNC2CCSc3ccccc32)c1C. The molecule has 2 aromatic rings. The van der Waals surface area contributed by atoms with Gasteiger partial charge in [0.05, 0.1) is 0 Å². The van der Waals surface area contributed by atoms with Crippen LogP contribution in [0.4, 0.5) is 0 Å². The molecule has 1 heterocycles. The van der Waals surface area contributed by atoms with E-state index in [9.17, 15) is 0 Å². The monoisotopic (exact) mass is 283 g/mol. The Morgan fingerprint density at radius 1 is 1.10 bits per heavy atom. The van der Waals surface area contributed by atoms with Crippen molar-refractivity contribution in [1.82, 2.24) is 5.32 Å². The van der Waals surface area contributed by atoms with Gasteiger partial charge in [-0.2, -0.15) is 0 Å². The van der Waals surface area contributed by atoms with E-state index in [4.69, 9.17) is 0 Å². The predicted molar refractivity (Wildman–Crippen MR) is 87.3 cm³/mol. The third kappa shape index (κ3) is 2.77. The van der Waals surface area contributed by atoms with Crippen LogP contribution in [-0.4, -0.2) is 5.75 Å². The van der Waals surface area contributed by atoms with Crippen LogP contribution >= 0.6 is 11.8 Å². The van der Waals surface area contributed by atoms with Gasteiger partial charge in [0.2, 0.25) is 0 Å². The van der Waals surface area contributed by atoms with Gasteiger partial charge in [0.25, 0.3) is 0 Å². The maximum absolute atomic E-state index is 3.75. The number of hydrogen-bond donors (Lipinski definition) is 1. The molecule has 3 rings (SSSR count). The molecule has 2 aromatic carbocycles. The lowest BCUT2D eigenvalue weighted by Gasteiger charge is -2.26. The van der Waals surface area contributed by atoms with Crippen LogP contribution in [0, 0.1) is 13.8 Å². The summed E-state index contributed by atoms with van der Waals surface area (Å²) in [5.74, 6) is 1.21. The third-order valence-corrected chi connectivity index (χ3v) is 5.34. The quantitative estimate of drug-likeness (QED) is 0.881. The molecule has 0 spiro atoms. The van der Waals surface area contributed by atoms with Gasteiger partial charge in [-0.05, 0) is 54.3 Å². The maximum atomic E-state index is 3.75. The van der Waals surface area contributed by atoms with Crippen LogP contribution in [-0.2, 0) is 6.54 Å². The molecule has 1 unspecified atom stereocenters. The van der Waals surface area contributed by atoms with Gasteiger partial charge in [0.15, 0.2) is 0 Å². The average molecular weight is 283 g/mol. The van der Waals surface area contributed by atoms with Gasteiger partial charge in [0.1, 0.15) is 0 Å². The molecule has 0 saturated heterocycles. The molecule has 1 aliphatic rings. The Bertz CT molecular complexity index is 606. The van der Waals surface area contributed by atoms with E-state index < -0.39 is 0 Å². The van der Waals surface area contributed by atoms with Crippen molar-refractivity contribution in [3.8, 4) is 0 Å². The van der Waals surface area contributed by atoms with E-state index in [1.54, 1.807) is 0 Å². The van der Waals surface area contributed by atoms with Crippen molar-refractivity contribution in [3.63, 3.8) is 0 Å². The summed E-state index contributed by atoms with van der Waals surface area (Å²) in [5, 5.41) is 3.75. The van der Waals surface area contributed by atoms with E-state index >= 15 is 0 Å². The van der Waals surface area contributed by atoms with Crippen molar-refractivity contribution < 1.29 is 0 Å². The number of thioether (sulfide) groups is 1. The minimum atomic E-state index is 0.493. The Hall–Kier alpha value is -1.25. The van der Waals surface area contributed by atoms with E-state index in [0.717, 1.165) is 6.54 Å². The van der Waals surface area contributed by atoms with Crippen molar-refractivity contribution >= 4 is 11.8 Å². The van der Waals surface area contributed by atoms with Crippen molar-refractivity contribution in [2.24, 2.45) is 0 Å². The van der Waals surface area contributed by atoms with Crippen LogP contribution in [0.25, 0.3) is 0 Å². The molecule has 0 radical (unpaired) electrons. The lowest BCUT2D eigenvalue weighted by Crippen LogP contribution is -2.24. The molecule has 2 heteroatoms. The molecule has 1 nitrogen and oxygen atoms in total. The van der Waals surface area contributed by atoms with E-state index in [1.807, 2.05) is 11.8 Å². The van der Waals surface area contributed by atoms with Crippen LogP contribution in [0.1, 0.15) is 34.7 Å². The third-order valence-electron chi connectivity index (χ3n) is 4.21. The van der Waals surface area contributed by atoms with Crippen molar-refractivity contribution in [2.45, 2.75) is 37.8 Å². The molecule has 20 heavy (non-hydrogen) atoms. The zero-order valence-corrected chi connectivity index (χ0v) is 13.0. The first-order chi connectivity index (χ1) is 9.75. The molecular weight excluding hydrogens is 262 g/mol. The average Bonchev–Trinajstić information content (AvgIpc) is 2.49. The van der Waals surface area contributed by atoms with Crippen molar-refractivity contribution in [2.75, 3.05) is 5.75 Å². The Morgan fingerprint density at radius 2 is 1.95 bits per heavy atom. The van der Waals surface area contributed by atoms with Crippen molar-refractivity contribution in [1.29, 1.82) is 0 Å². The molecule has 0 bridgehead atoms. The Labute approximate surface area is 125 Å². The standard InChI is InChI=1S/C18H21NS/c1-13-6-5-7-15(14(13)2)12-19-17-10-11-20-18-9-4-3-8-16(17)18/h3-9,17,19H,10-12H2,1-2H3. The van der Waals surface area contributed by atoms with Gasteiger partial charge in [-0.1, -0.05) is 36.4 Å². The summed E-state index contributed by atoms with van der Waals surface area (Å²) >= 11 is 1.98. The number of benzene rings is 2. The summed E-state index contributed by atoms with van der Waals surface area (Å²) in [6, 6.07) is 15.9. The van der Waals surface area contributed by atoms with Gasteiger partial charge in [-0.15, -0.1) is 11.8 Å².